The van der Waals surface area contributed by atoms with Gasteiger partial charge in [0.1, 0.15) is 11.5 Å². The van der Waals surface area contributed by atoms with Gasteiger partial charge in [0.2, 0.25) is 0 Å². The second-order valence-corrected chi connectivity index (χ2v) is 4.16. The monoisotopic (exact) mass is 271 g/mol. The molecule has 0 bridgehead atoms. The summed E-state index contributed by atoms with van der Waals surface area (Å²) in [6, 6.07) is 11.1. The van der Waals surface area contributed by atoms with Crippen LogP contribution in [0.25, 0.3) is 5.76 Å². The number of rotatable bonds is 5. The fraction of sp³-hybridized carbons (Fsp3) is 0.188. The van der Waals surface area contributed by atoms with Crippen molar-refractivity contribution in [2.75, 3.05) is 14.2 Å². The minimum Gasteiger partial charge on any atom is -0.506 e. The first-order chi connectivity index (χ1) is 9.76. The largest absolute Gasteiger partial charge is 0.506 e. The molecule has 4 nitrogen and oxygen atoms in total. The predicted molar refractivity (Wildman–Crippen MR) is 78.1 cm³/mol. The number of benzene rings is 1. The van der Waals surface area contributed by atoms with Crippen molar-refractivity contribution in [1.29, 1.82) is 0 Å². The zero-order chi connectivity index (χ0) is 14.4. The molecule has 2 rings (SSSR count). The van der Waals surface area contributed by atoms with Crippen LogP contribution in [-0.2, 0) is 6.42 Å². The normalized spacial score (nSPS) is 11.2. The van der Waals surface area contributed by atoms with Crippen LogP contribution in [0, 0.1) is 0 Å². The van der Waals surface area contributed by atoms with Gasteiger partial charge in [-0.3, -0.25) is 4.98 Å². The summed E-state index contributed by atoms with van der Waals surface area (Å²) in [7, 11) is 3.20. The second kappa shape index (κ2) is 6.61. The SMILES string of the molecule is COc1cccc(C/C=C(/O)c2ccccn2)c1OC. The summed E-state index contributed by atoms with van der Waals surface area (Å²) in [5.41, 5.74) is 1.49. The molecular formula is C16H17NO3. The summed E-state index contributed by atoms with van der Waals surface area (Å²) in [5, 5.41) is 10.00. The van der Waals surface area contributed by atoms with E-state index in [0.717, 1.165) is 5.56 Å². The van der Waals surface area contributed by atoms with E-state index in [2.05, 4.69) is 4.98 Å². The molecule has 0 aliphatic rings. The van der Waals surface area contributed by atoms with Crippen LogP contribution in [0.5, 0.6) is 11.5 Å². The van der Waals surface area contributed by atoms with Gasteiger partial charge in [0.15, 0.2) is 11.5 Å². The van der Waals surface area contributed by atoms with Gasteiger partial charge in [-0.05, 0) is 30.7 Å². The van der Waals surface area contributed by atoms with E-state index in [4.69, 9.17) is 9.47 Å². The molecule has 4 heteroatoms. The summed E-state index contributed by atoms with van der Waals surface area (Å²) >= 11 is 0. The van der Waals surface area contributed by atoms with Crippen molar-refractivity contribution < 1.29 is 14.6 Å². The topological polar surface area (TPSA) is 51.6 Å². The zero-order valence-electron chi connectivity index (χ0n) is 11.5. The van der Waals surface area contributed by atoms with E-state index in [1.807, 2.05) is 30.3 Å². The van der Waals surface area contributed by atoms with E-state index in [1.165, 1.54) is 0 Å². The number of allylic oxidation sites excluding steroid dienone is 1. The minimum absolute atomic E-state index is 0.149. The van der Waals surface area contributed by atoms with Gasteiger partial charge in [-0.2, -0.15) is 0 Å². The predicted octanol–water partition coefficient (Wildman–Crippen LogP) is 3.24. The fourth-order valence-electron chi connectivity index (χ4n) is 1.94. The smallest absolute Gasteiger partial charge is 0.164 e. The molecule has 0 spiro atoms. The number of nitrogens with zero attached hydrogens (tertiary/aromatic N) is 1. The number of ether oxygens (including phenoxy) is 2. The highest BCUT2D eigenvalue weighted by atomic mass is 16.5. The summed E-state index contributed by atoms with van der Waals surface area (Å²) in [6.45, 7) is 0. The molecule has 0 atom stereocenters. The lowest BCUT2D eigenvalue weighted by atomic mass is 10.1. The van der Waals surface area contributed by atoms with Crippen LogP contribution >= 0.6 is 0 Å². The molecule has 1 aromatic heterocycles. The first-order valence-electron chi connectivity index (χ1n) is 6.26. The van der Waals surface area contributed by atoms with Crippen LogP contribution in [0.1, 0.15) is 11.3 Å². The van der Waals surface area contributed by atoms with Crippen LogP contribution in [0.3, 0.4) is 0 Å². The van der Waals surface area contributed by atoms with Gasteiger partial charge in [-0.25, -0.2) is 0 Å². The van der Waals surface area contributed by atoms with Crippen LogP contribution in [0.15, 0.2) is 48.7 Å². The van der Waals surface area contributed by atoms with E-state index in [0.29, 0.717) is 23.6 Å². The number of hydrogen-bond donors (Lipinski definition) is 1. The summed E-state index contributed by atoms with van der Waals surface area (Å²) < 4.78 is 10.6. The molecule has 0 amide bonds. The molecule has 0 unspecified atom stereocenters. The molecule has 1 N–H and O–H groups in total. The maximum absolute atomic E-state index is 10.00. The number of methoxy groups -OCH3 is 2. The lowest BCUT2D eigenvalue weighted by molar-refractivity contribution is 0.352. The third kappa shape index (κ3) is 3.09. The van der Waals surface area contributed by atoms with Gasteiger partial charge in [0, 0.05) is 11.8 Å². The maximum atomic E-state index is 10.00. The Kier molecular flexibility index (Phi) is 4.60. The Hall–Kier alpha value is -2.49. The Balaban J connectivity index is 2.23. The maximum Gasteiger partial charge on any atom is 0.164 e. The van der Waals surface area contributed by atoms with Crippen molar-refractivity contribution in [3.63, 3.8) is 0 Å². The summed E-state index contributed by atoms with van der Waals surface area (Å²) in [6.07, 6.45) is 3.88. The minimum atomic E-state index is 0.149. The van der Waals surface area contributed by atoms with Crippen molar-refractivity contribution in [2.24, 2.45) is 0 Å². The second-order valence-electron chi connectivity index (χ2n) is 4.16. The van der Waals surface area contributed by atoms with Gasteiger partial charge in [-0.1, -0.05) is 18.2 Å². The van der Waals surface area contributed by atoms with Crippen molar-refractivity contribution in [3.8, 4) is 11.5 Å². The number of pyridine rings is 1. The van der Waals surface area contributed by atoms with E-state index in [1.54, 1.807) is 32.6 Å². The molecular weight excluding hydrogens is 254 g/mol. The number of aromatic nitrogens is 1. The number of hydrogen-bond acceptors (Lipinski definition) is 4. The van der Waals surface area contributed by atoms with E-state index in [9.17, 15) is 5.11 Å². The summed E-state index contributed by atoms with van der Waals surface area (Å²) in [5.74, 6) is 1.51. The van der Waals surface area contributed by atoms with Crippen molar-refractivity contribution in [1.82, 2.24) is 4.98 Å². The molecule has 0 aliphatic heterocycles. The highest BCUT2D eigenvalue weighted by Crippen LogP contribution is 2.31. The number of aliphatic hydroxyl groups is 1. The lowest BCUT2D eigenvalue weighted by Gasteiger charge is -2.11. The Morgan fingerprint density at radius 3 is 2.65 bits per heavy atom. The molecule has 0 fully saturated rings. The van der Waals surface area contributed by atoms with Crippen molar-refractivity contribution in [2.45, 2.75) is 6.42 Å². The molecule has 0 aliphatic carbocycles. The van der Waals surface area contributed by atoms with Crippen LogP contribution < -0.4 is 9.47 Å². The zero-order valence-corrected chi connectivity index (χ0v) is 11.5. The number of para-hydroxylation sites is 1. The standard InChI is InChI=1S/C16H17NO3/c1-19-15-8-5-6-12(16(15)20-2)9-10-14(18)13-7-3-4-11-17-13/h3-8,10-11,18H,9H2,1-2H3/b14-10+. The average molecular weight is 271 g/mol. The van der Waals surface area contributed by atoms with Gasteiger partial charge >= 0.3 is 0 Å². The Morgan fingerprint density at radius 2 is 2.00 bits per heavy atom. The van der Waals surface area contributed by atoms with Gasteiger partial charge < -0.3 is 14.6 Å². The highest BCUT2D eigenvalue weighted by Gasteiger charge is 2.08. The highest BCUT2D eigenvalue weighted by molar-refractivity contribution is 5.56. The van der Waals surface area contributed by atoms with Gasteiger partial charge in [0.05, 0.1) is 14.2 Å². The summed E-state index contributed by atoms with van der Waals surface area (Å²) in [4.78, 5) is 4.09. The lowest BCUT2D eigenvalue weighted by Crippen LogP contribution is -1.96. The molecule has 0 saturated heterocycles. The molecule has 1 heterocycles. The van der Waals surface area contributed by atoms with Gasteiger partial charge in [0.25, 0.3) is 0 Å². The van der Waals surface area contributed by atoms with E-state index < -0.39 is 0 Å². The number of aliphatic hydroxyl groups excluding tert-OH is 1. The van der Waals surface area contributed by atoms with E-state index >= 15 is 0 Å². The molecule has 20 heavy (non-hydrogen) atoms. The third-order valence-corrected chi connectivity index (χ3v) is 2.93. The molecule has 104 valence electrons. The van der Waals surface area contributed by atoms with Crippen LogP contribution in [-0.4, -0.2) is 24.3 Å². The van der Waals surface area contributed by atoms with Crippen molar-refractivity contribution >= 4 is 5.76 Å². The Labute approximate surface area is 118 Å². The first kappa shape index (κ1) is 13.9. The Bertz CT molecular complexity index is 594. The van der Waals surface area contributed by atoms with Crippen LogP contribution in [0.4, 0.5) is 0 Å². The van der Waals surface area contributed by atoms with Gasteiger partial charge in [-0.15, -0.1) is 0 Å². The van der Waals surface area contributed by atoms with Crippen molar-refractivity contribution in [3.05, 3.63) is 59.9 Å². The molecule has 1 aromatic carbocycles. The average Bonchev–Trinajstić information content (AvgIpc) is 2.52. The quantitative estimate of drug-likeness (QED) is 0.848. The first-order valence-corrected chi connectivity index (χ1v) is 6.26. The molecule has 0 radical (unpaired) electrons. The van der Waals surface area contributed by atoms with E-state index in [-0.39, 0.29) is 5.76 Å². The fourth-order valence-corrected chi connectivity index (χ4v) is 1.94. The third-order valence-electron chi connectivity index (χ3n) is 2.93. The Morgan fingerprint density at radius 1 is 1.15 bits per heavy atom. The molecule has 2 aromatic rings. The molecule has 0 saturated carbocycles. The van der Waals surface area contributed by atoms with Crippen LogP contribution in [0.2, 0.25) is 0 Å².